The van der Waals surface area contributed by atoms with Crippen LogP contribution in [-0.4, -0.2) is 42.3 Å². The van der Waals surface area contributed by atoms with Crippen molar-refractivity contribution in [2.45, 2.75) is 20.3 Å². The zero-order valence-corrected chi connectivity index (χ0v) is 21.0. The number of nitrogens with zero attached hydrogens (tertiary/aromatic N) is 3. The van der Waals surface area contributed by atoms with Crippen LogP contribution in [0.3, 0.4) is 0 Å². The third-order valence-electron chi connectivity index (χ3n) is 7.28. The van der Waals surface area contributed by atoms with Gasteiger partial charge in [0.15, 0.2) is 5.82 Å². The lowest BCUT2D eigenvalue weighted by atomic mass is 9.97. The van der Waals surface area contributed by atoms with Crippen molar-refractivity contribution in [3.8, 4) is 17.0 Å². The molecule has 2 aliphatic rings. The summed E-state index contributed by atoms with van der Waals surface area (Å²) in [6.07, 6.45) is 7.13. The molecule has 1 amide bonds. The number of rotatable bonds is 6. The smallest absolute Gasteiger partial charge is 0.237 e. The predicted molar refractivity (Wildman–Crippen MR) is 144 cm³/mol. The number of aliphatic imine (C=N–C) groups is 1. The molecule has 0 unspecified atom stereocenters. The average molecular weight is 504 g/mol. The standard InChI is InChI=1S/C27H30FN7O2/c1-4-16-21(15(9-29)10-31-3)22(16)26(36)35-20-8-14-7-17(23(28)24(30)19(14)12-33-20)18-11-34-27-25(13(18)2)32-5-6-37-27/h7-12,16,21-22,32H,4-6,29-30H2,1-3H3,(H,33,35,36)/t16-,21-,22-/m1/s1. The fourth-order valence-electron chi connectivity index (χ4n) is 5.35. The van der Waals surface area contributed by atoms with E-state index in [1.54, 1.807) is 31.6 Å². The molecule has 0 radical (unpaired) electrons. The van der Waals surface area contributed by atoms with E-state index in [0.717, 1.165) is 23.2 Å². The summed E-state index contributed by atoms with van der Waals surface area (Å²) in [7, 11) is 1.68. The summed E-state index contributed by atoms with van der Waals surface area (Å²) in [5.41, 5.74) is 15.3. The first-order valence-corrected chi connectivity index (χ1v) is 12.3. The van der Waals surface area contributed by atoms with Crippen LogP contribution >= 0.6 is 0 Å². The molecule has 10 heteroatoms. The Labute approximate surface area is 214 Å². The molecule has 0 saturated heterocycles. The quantitative estimate of drug-likeness (QED) is 0.295. The topological polar surface area (TPSA) is 141 Å². The van der Waals surface area contributed by atoms with Gasteiger partial charge in [0.2, 0.25) is 11.8 Å². The molecule has 3 atom stereocenters. The Morgan fingerprint density at radius 2 is 2.11 bits per heavy atom. The molecule has 0 spiro atoms. The lowest BCUT2D eigenvalue weighted by Crippen LogP contribution is -2.20. The highest BCUT2D eigenvalue weighted by atomic mass is 19.1. The van der Waals surface area contributed by atoms with Crippen LogP contribution in [0.4, 0.5) is 21.6 Å². The number of nitrogen functional groups attached to an aromatic ring is 1. The maximum Gasteiger partial charge on any atom is 0.237 e. The predicted octanol–water partition coefficient (Wildman–Crippen LogP) is 3.88. The average Bonchev–Trinajstić information content (AvgIpc) is 3.64. The molecule has 1 aliphatic heterocycles. The Morgan fingerprint density at radius 1 is 1.30 bits per heavy atom. The van der Waals surface area contributed by atoms with Crippen LogP contribution < -0.4 is 26.8 Å². The molecule has 3 heterocycles. The van der Waals surface area contributed by atoms with Gasteiger partial charge < -0.3 is 26.8 Å². The number of pyridine rings is 2. The van der Waals surface area contributed by atoms with Crippen LogP contribution in [-0.2, 0) is 4.79 Å². The second-order valence-electron chi connectivity index (χ2n) is 9.36. The van der Waals surface area contributed by atoms with Gasteiger partial charge in [0.1, 0.15) is 18.1 Å². The number of halogens is 1. The molecule has 3 aromatic rings. The van der Waals surface area contributed by atoms with Crippen molar-refractivity contribution in [2.24, 2.45) is 28.5 Å². The van der Waals surface area contributed by atoms with Crippen molar-refractivity contribution >= 4 is 40.1 Å². The fourth-order valence-corrected chi connectivity index (χ4v) is 5.35. The lowest BCUT2D eigenvalue weighted by molar-refractivity contribution is -0.117. The molecule has 1 aliphatic carbocycles. The lowest BCUT2D eigenvalue weighted by Gasteiger charge is -2.22. The van der Waals surface area contributed by atoms with Crippen molar-refractivity contribution in [3.63, 3.8) is 0 Å². The number of hydrogen-bond donors (Lipinski definition) is 4. The highest BCUT2D eigenvalue weighted by Crippen LogP contribution is 2.52. The van der Waals surface area contributed by atoms with E-state index in [-0.39, 0.29) is 29.3 Å². The van der Waals surface area contributed by atoms with Crippen LogP contribution in [0.15, 0.2) is 41.3 Å². The second kappa shape index (κ2) is 9.68. The summed E-state index contributed by atoms with van der Waals surface area (Å²) in [6, 6.07) is 3.42. The summed E-state index contributed by atoms with van der Waals surface area (Å²) in [6.45, 7) is 5.10. The Bertz CT molecular complexity index is 1450. The number of nitrogens with one attached hydrogen (secondary N) is 2. The van der Waals surface area contributed by atoms with E-state index in [4.69, 9.17) is 16.2 Å². The summed E-state index contributed by atoms with van der Waals surface area (Å²) < 4.78 is 21.0. The Hall–Kier alpha value is -4.21. The van der Waals surface area contributed by atoms with Gasteiger partial charge in [-0.3, -0.25) is 9.79 Å². The first-order chi connectivity index (χ1) is 17.9. The van der Waals surface area contributed by atoms with E-state index in [1.165, 1.54) is 12.4 Å². The molecule has 1 fully saturated rings. The number of amides is 1. The number of nitrogens with two attached hydrogens (primary N) is 2. The van der Waals surface area contributed by atoms with Crippen molar-refractivity contribution < 1.29 is 13.9 Å². The van der Waals surface area contributed by atoms with E-state index < -0.39 is 5.82 Å². The normalized spacial score (nSPS) is 20.9. The summed E-state index contributed by atoms with van der Waals surface area (Å²) in [4.78, 5) is 25.9. The summed E-state index contributed by atoms with van der Waals surface area (Å²) in [5, 5.41) is 7.31. The van der Waals surface area contributed by atoms with Crippen LogP contribution in [0.5, 0.6) is 5.88 Å². The van der Waals surface area contributed by atoms with E-state index in [0.29, 0.717) is 46.7 Å². The number of allylic oxidation sites excluding steroid dienone is 1. The van der Waals surface area contributed by atoms with Crippen molar-refractivity contribution in [2.75, 3.05) is 36.6 Å². The van der Waals surface area contributed by atoms with Crippen molar-refractivity contribution in [3.05, 3.63) is 47.7 Å². The van der Waals surface area contributed by atoms with E-state index >= 15 is 4.39 Å². The molecular formula is C27H30FN7O2. The maximum absolute atomic E-state index is 15.4. The minimum atomic E-state index is -0.544. The number of anilines is 3. The zero-order valence-electron chi connectivity index (χ0n) is 21.0. The minimum absolute atomic E-state index is 0.0101. The second-order valence-corrected chi connectivity index (χ2v) is 9.36. The van der Waals surface area contributed by atoms with Crippen LogP contribution in [0, 0.1) is 30.5 Å². The highest BCUT2D eigenvalue weighted by molar-refractivity contribution is 6.01. The Kier molecular flexibility index (Phi) is 6.41. The zero-order chi connectivity index (χ0) is 26.3. The van der Waals surface area contributed by atoms with Gasteiger partial charge in [0.05, 0.1) is 5.69 Å². The largest absolute Gasteiger partial charge is 0.474 e. The first-order valence-electron chi connectivity index (χ1n) is 12.3. The van der Waals surface area contributed by atoms with E-state index in [2.05, 4.69) is 32.5 Å². The Morgan fingerprint density at radius 3 is 2.84 bits per heavy atom. The third kappa shape index (κ3) is 4.22. The van der Waals surface area contributed by atoms with Gasteiger partial charge in [0.25, 0.3) is 0 Å². The number of ether oxygens (including phenoxy) is 1. The van der Waals surface area contributed by atoms with Gasteiger partial charge in [-0.15, -0.1) is 0 Å². The summed E-state index contributed by atoms with van der Waals surface area (Å²) in [5.74, 6) is 0.171. The van der Waals surface area contributed by atoms with E-state index in [1.807, 2.05) is 6.92 Å². The summed E-state index contributed by atoms with van der Waals surface area (Å²) >= 11 is 0. The minimum Gasteiger partial charge on any atom is -0.474 e. The molecule has 1 aromatic carbocycles. The number of carbonyl (C=O) groups excluding carboxylic acids is 1. The van der Waals surface area contributed by atoms with Gasteiger partial charge in [-0.25, -0.2) is 14.4 Å². The number of carbonyl (C=O) groups is 1. The number of hydrogen-bond acceptors (Lipinski definition) is 8. The van der Waals surface area contributed by atoms with Gasteiger partial charge in [0, 0.05) is 60.5 Å². The van der Waals surface area contributed by atoms with Gasteiger partial charge >= 0.3 is 0 Å². The monoisotopic (exact) mass is 503 g/mol. The highest BCUT2D eigenvalue weighted by Gasteiger charge is 2.54. The molecule has 9 nitrogen and oxygen atoms in total. The van der Waals surface area contributed by atoms with Gasteiger partial charge in [-0.2, -0.15) is 0 Å². The molecule has 37 heavy (non-hydrogen) atoms. The molecule has 6 N–H and O–H groups in total. The van der Waals surface area contributed by atoms with Crippen molar-refractivity contribution in [1.29, 1.82) is 0 Å². The number of benzene rings is 1. The van der Waals surface area contributed by atoms with E-state index in [9.17, 15) is 4.79 Å². The number of aromatic nitrogens is 2. The molecule has 2 aromatic heterocycles. The maximum atomic E-state index is 15.4. The number of fused-ring (bicyclic) bond motifs is 2. The third-order valence-corrected chi connectivity index (χ3v) is 7.28. The molecule has 5 rings (SSSR count). The van der Waals surface area contributed by atoms with Crippen molar-refractivity contribution in [1.82, 2.24) is 9.97 Å². The first kappa shape index (κ1) is 24.5. The Balaban J connectivity index is 1.47. The van der Waals surface area contributed by atoms with Gasteiger partial charge in [-0.1, -0.05) is 13.3 Å². The molecule has 192 valence electrons. The fraction of sp³-hybridized carbons (Fsp3) is 0.333. The molecule has 0 bridgehead atoms. The molecule has 1 saturated carbocycles. The van der Waals surface area contributed by atoms with Crippen LogP contribution in [0.1, 0.15) is 18.9 Å². The van der Waals surface area contributed by atoms with Gasteiger partial charge in [-0.05, 0) is 47.7 Å². The molecular weight excluding hydrogens is 473 g/mol. The van der Waals surface area contributed by atoms with Crippen LogP contribution in [0.2, 0.25) is 0 Å². The SMILES string of the molecule is CC[C@H]1[C@@H](C(=O)Nc2cc3cc(-c4cnc5c(c4C)NCCO5)c(F)c(N)c3cn2)[C@@H]1C(C=NC)=CN. The van der Waals surface area contributed by atoms with Crippen LogP contribution in [0.25, 0.3) is 21.9 Å².